The molecule has 2 rings (SSSR count). The van der Waals surface area contributed by atoms with Crippen LogP contribution in [0.15, 0.2) is 34.8 Å². The van der Waals surface area contributed by atoms with Crippen molar-refractivity contribution in [2.45, 2.75) is 35.7 Å². The predicted octanol–water partition coefficient (Wildman–Crippen LogP) is 2.63. The molecule has 1 heterocycles. The van der Waals surface area contributed by atoms with E-state index in [0.29, 0.717) is 15.6 Å². The fourth-order valence-corrected chi connectivity index (χ4v) is 4.29. The minimum absolute atomic E-state index is 0.191. The molecule has 4 atom stereocenters. The number of aliphatic hydroxyl groups excluding tert-OH is 3. The van der Waals surface area contributed by atoms with Crippen LogP contribution >= 0.6 is 46.3 Å². The Balaban J connectivity index is 2.20. The van der Waals surface area contributed by atoms with Gasteiger partial charge in [0.25, 0.3) is 0 Å². The lowest BCUT2D eigenvalue weighted by molar-refractivity contribution is -0.0978. The number of nitrogens with two attached hydrogens (primary N) is 1. The molecule has 0 fully saturated rings. The molecule has 0 bridgehead atoms. The summed E-state index contributed by atoms with van der Waals surface area (Å²) < 4.78 is 19.3. The van der Waals surface area contributed by atoms with Gasteiger partial charge in [0, 0.05) is 22.7 Å². The highest BCUT2D eigenvalue weighted by Gasteiger charge is 2.27. The Morgan fingerprint density at radius 3 is 2.59 bits per heavy atom. The number of halogens is 3. The van der Waals surface area contributed by atoms with Gasteiger partial charge >= 0.3 is 0 Å². The Morgan fingerprint density at radius 2 is 2.07 bits per heavy atom. The number of benzene rings is 1. The number of nitrogens with one attached hydrogen (secondary N) is 1. The van der Waals surface area contributed by atoms with Crippen LogP contribution in [0.25, 0.3) is 5.70 Å². The maximum atomic E-state index is 13.7. The van der Waals surface area contributed by atoms with E-state index < -0.39 is 36.3 Å². The smallest absolute Gasteiger partial charge is 0.160 e. The molecule has 12 heteroatoms. The first-order valence-corrected chi connectivity index (χ1v) is 10.8. The summed E-state index contributed by atoms with van der Waals surface area (Å²) in [6, 6.07) is 2.65. The molecule has 0 aliphatic rings. The van der Waals surface area contributed by atoms with Crippen molar-refractivity contribution in [2.75, 3.05) is 6.61 Å². The van der Waals surface area contributed by atoms with Gasteiger partial charge in [0.15, 0.2) is 17.5 Å². The first-order chi connectivity index (χ1) is 13.7. The zero-order chi connectivity index (χ0) is 21.6. The molecule has 160 valence electrons. The molecule has 0 aliphatic carbocycles. The van der Waals surface area contributed by atoms with Gasteiger partial charge in [0.1, 0.15) is 11.1 Å². The highest BCUT2D eigenvalue weighted by atomic mass is 35.5. The summed E-state index contributed by atoms with van der Waals surface area (Å²) in [6.07, 6.45) is -0.354. The van der Waals surface area contributed by atoms with Crippen molar-refractivity contribution in [1.82, 2.24) is 10.3 Å². The van der Waals surface area contributed by atoms with E-state index in [4.69, 9.17) is 33.7 Å². The molecular weight excluding hydrogens is 464 g/mol. The predicted molar refractivity (Wildman–Crippen MR) is 113 cm³/mol. The van der Waals surface area contributed by atoms with E-state index in [1.807, 2.05) is 0 Å². The standard InChI is InChI=1S/C17H20Cl2FN3O4S2/c1-8(25)13(7-24)27-17(29-9-4-10(18)14(20)11(19)5-9)15(26)23-6-12(21)16-22-2-3-28-16/h2-6,8,13,15,17,23-26H,7,21H2,1H3/b12-6-/t8?,13?,15-,17?/m1/s1. The quantitative estimate of drug-likeness (QED) is 0.198. The van der Waals surface area contributed by atoms with Crippen LogP contribution in [0.5, 0.6) is 0 Å². The molecule has 2 aromatic rings. The van der Waals surface area contributed by atoms with Crippen LogP contribution in [-0.4, -0.2) is 50.8 Å². The largest absolute Gasteiger partial charge is 0.395 e. The molecule has 0 aliphatic heterocycles. The number of aromatic nitrogens is 1. The van der Waals surface area contributed by atoms with Crippen LogP contribution in [0.3, 0.4) is 0 Å². The molecule has 0 amide bonds. The molecule has 1 aromatic carbocycles. The van der Waals surface area contributed by atoms with Crippen molar-refractivity contribution in [3.8, 4) is 0 Å². The molecule has 0 saturated heterocycles. The number of rotatable bonds is 10. The van der Waals surface area contributed by atoms with Crippen molar-refractivity contribution in [2.24, 2.45) is 5.73 Å². The highest BCUT2D eigenvalue weighted by Crippen LogP contribution is 2.34. The van der Waals surface area contributed by atoms with Gasteiger partial charge in [-0.2, -0.15) is 0 Å². The molecule has 0 spiro atoms. The Bertz CT molecular complexity index is 804. The van der Waals surface area contributed by atoms with E-state index in [9.17, 15) is 19.7 Å². The molecule has 29 heavy (non-hydrogen) atoms. The minimum atomic E-state index is -1.33. The molecule has 3 unspecified atom stereocenters. The van der Waals surface area contributed by atoms with Gasteiger partial charge in [-0.05, 0) is 19.1 Å². The van der Waals surface area contributed by atoms with Crippen LogP contribution in [0.4, 0.5) is 4.39 Å². The Kier molecular flexibility index (Phi) is 9.44. The SMILES string of the molecule is CC(O)C(CO)OC(Sc1cc(Cl)c(F)c(Cl)c1)[C@@H](O)N/C=C(\N)c1nccs1. The molecular formula is C17H20Cl2FN3O4S2. The van der Waals surface area contributed by atoms with E-state index >= 15 is 0 Å². The second-order valence-electron chi connectivity index (χ2n) is 5.83. The second-order valence-corrected chi connectivity index (χ2v) is 8.71. The van der Waals surface area contributed by atoms with Gasteiger partial charge in [-0.15, -0.1) is 11.3 Å². The van der Waals surface area contributed by atoms with Crippen LogP contribution in [0, 0.1) is 5.82 Å². The maximum Gasteiger partial charge on any atom is 0.160 e. The molecule has 1 aromatic heterocycles. The second kappa shape index (κ2) is 11.3. The van der Waals surface area contributed by atoms with E-state index in [1.165, 1.54) is 36.6 Å². The summed E-state index contributed by atoms with van der Waals surface area (Å²) in [5.41, 5.74) is 5.16. The van der Waals surface area contributed by atoms with E-state index in [1.54, 1.807) is 11.6 Å². The van der Waals surface area contributed by atoms with Gasteiger partial charge in [-0.3, -0.25) is 0 Å². The molecule has 7 nitrogen and oxygen atoms in total. The lowest BCUT2D eigenvalue weighted by Gasteiger charge is -2.28. The minimum Gasteiger partial charge on any atom is -0.395 e. The normalized spacial score (nSPS) is 16.3. The topological polar surface area (TPSA) is 121 Å². The fourth-order valence-electron chi connectivity index (χ4n) is 2.06. The molecule has 6 N–H and O–H groups in total. The Hall–Kier alpha value is -1.11. The Labute approximate surface area is 185 Å². The number of thiazole rings is 1. The van der Waals surface area contributed by atoms with E-state index in [2.05, 4.69) is 10.3 Å². The van der Waals surface area contributed by atoms with Crippen LogP contribution in [-0.2, 0) is 4.74 Å². The van der Waals surface area contributed by atoms with Crippen LogP contribution in [0.1, 0.15) is 11.9 Å². The van der Waals surface area contributed by atoms with E-state index in [-0.39, 0.29) is 10.0 Å². The lowest BCUT2D eigenvalue weighted by Crippen LogP contribution is -2.42. The van der Waals surface area contributed by atoms with Crippen LogP contribution < -0.4 is 11.1 Å². The Morgan fingerprint density at radius 1 is 1.41 bits per heavy atom. The van der Waals surface area contributed by atoms with Crippen molar-refractivity contribution >= 4 is 52.0 Å². The van der Waals surface area contributed by atoms with Crippen LogP contribution in [0.2, 0.25) is 10.0 Å². The number of aliphatic hydroxyl groups is 3. The zero-order valence-electron chi connectivity index (χ0n) is 15.1. The maximum absolute atomic E-state index is 13.7. The first kappa shape index (κ1) is 24.2. The van der Waals surface area contributed by atoms with Crippen molar-refractivity contribution in [3.05, 3.63) is 50.8 Å². The zero-order valence-corrected chi connectivity index (χ0v) is 18.3. The molecule has 0 saturated carbocycles. The number of hydrogen-bond acceptors (Lipinski definition) is 9. The third kappa shape index (κ3) is 6.97. The van der Waals surface area contributed by atoms with Crippen molar-refractivity contribution < 1.29 is 24.4 Å². The van der Waals surface area contributed by atoms with Crippen molar-refractivity contribution in [1.29, 1.82) is 0 Å². The van der Waals surface area contributed by atoms with Crippen molar-refractivity contribution in [3.63, 3.8) is 0 Å². The summed E-state index contributed by atoms with van der Waals surface area (Å²) in [7, 11) is 0. The third-order valence-electron chi connectivity index (χ3n) is 3.58. The summed E-state index contributed by atoms with van der Waals surface area (Å²) in [6.45, 7) is 0.956. The monoisotopic (exact) mass is 483 g/mol. The summed E-state index contributed by atoms with van der Waals surface area (Å²) in [4.78, 5) is 4.46. The highest BCUT2D eigenvalue weighted by molar-refractivity contribution is 7.99. The van der Waals surface area contributed by atoms with E-state index in [0.717, 1.165) is 11.8 Å². The average Bonchev–Trinajstić information content (AvgIpc) is 3.21. The van der Waals surface area contributed by atoms with Gasteiger partial charge in [0.05, 0.1) is 28.5 Å². The lowest BCUT2D eigenvalue weighted by atomic mass is 10.2. The summed E-state index contributed by atoms with van der Waals surface area (Å²) in [5.74, 6) is -0.759. The number of nitrogens with zero attached hydrogens (tertiary/aromatic N) is 1. The first-order valence-electron chi connectivity index (χ1n) is 8.28. The van der Waals surface area contributed by atoms with Gasteiger partial charge in [-0.1, -0.05) is 35.0 Å². The fraction of sp³-hybridized carbons (Fsp3) is 0.353. The number of hydrogen-bond donors (Lipinski definition) is 5. The van der Waals surface area contributed by atoms with Gasteiger partial charge < -0.3 is 31.1 Å². The third-order valence-corrected chi connectivity index (χ3v) is 6.06. The average molecular weight is 484 g/mol. The summed E-state index contributed by atoms with van der Waals surface area (Å²) in [5, 5.41) is 34.4. The summed E-state index contributed by atoms with van der Waals surface area (Å²) >= 11 is 13.9. The molecule has 0 radical (unpaired) electrons. The number of thioether (sulfide) groups is 1. The van der Waals surface area contributed by atoms with Gasteiger partial charge in [-0.25, -0.2) is 9.37 Å². The van der Waals surface area contributed by atoms with Gasteiger partial charge in [0.2, 0.25) is 0 Å². The number of ether oxygens (including phenoxy) is 1.